The highest BCUT2D eigenvalue weighted by Crippen LogP contribution is 2.24. The molecule has 0 saturated heterocycles. The highest BCUT2D eigenvalue weighted by Gasteiger charge is 2.16. The molecule has 0 atom stereocenters. The van der Waals surface area contributed by atoms with Crippen LogP contribution in [0.15, 0.2) is 18.2 Å². The molecule has 0 unspecified atom stereocenters. The van der Waals surface area contributed by atoms with Crippen molar-refractivity contribution < 1.29 is 17.9 Å². The summed E-state index contributed by atoms with van der Waals surface area (Å²) in [6.45, 7) is 6.26. The standard InChI is InChI=1S/C16H27N3O4S/c1-16(2,3)23-15(20)18-8-9-19(4)14-7-6-13(17)10-12(14)11-24(5,21)22/h6-7,10H,8-9,11,17H2,1-5H3,(H,18,20). The molecule has 1 aromatic carbocycles. The van der Waals surface area contributed by atoms with Crippen molar-refractivity contribution in [1.82, 2.24) is 5.32 Å². The number of nitrogens with two attached hydrogens (primary N) is 1. The van der Waals surface area contributed by atoms with E-state index in [4.69, 9.17) is 10.5 Å². The number of rotatable bonds is 6. The van der Waals surface area contributed by atoms with Gasteiger partial charge < -0.3 is 20.7 Å². The van der Waals surface area contributed by atoms with Gasteiger partial charge in [0.15, 0.2) is 9.84 Å². The molecule has 24 heavy (non-hydrogen) atoms. The first-order valence-corrected chi connectivity index (χ1v) is 9.67. The molecule has 136 valence electrons. The van der Waals surface area contributed by atoms with Crippen molar-refractivity contribution in [2.24, 2.45) is 0 Å². The van der Waals surface area contributed by atoms with Crippen LogP contribution in [-0.4, -0.2) is 46.5 Å². The Bertz CT molecular complexity index is 681. The zero-order chi connectivity index (χ0) is 18.5. The number of carbonyl (C=O) groups is 1. The van der Waals surface area contributed by atoms with Crippen molar-refractivity contribution in [3.05, 3.63) is 23.8 Å². The zero-order valence-corrected chi connectivity index (χ0v) is 15.7. The Morgan fingerprint density at radius 1 is 1.33 bits per heavy atom. The second kappa shape index (κ2) is 7.74. The molecule has 0 aliphatic rings. The van der Waals surface area contributed by atoms with Crippen molar-refractivity contribution in [3.8, 4) is 0 Å². The molecule has 0 aliphatic carbocycles. The molecule has 8 heteroatoms. The second-order valence-electron chi connectivity index (χ2n) is 6.81. The van der Waals surface area contributed by atoms with Gasteiger partial charge in [-0.25, -0.2) is 13.2 Å². The molecular formula is C16H27N3O4S. The molecule has 0 aliphatic heterocycles. The van der Waals surface area contributed by atoms with E-state index in [2.05, 4.69) is 5.32 Å². The van der Waals surface area contributed by atoms with Crippen molar-refractivity contribution in [1.29, 1.82) is 0 Å². The third kappa shape index (κ3) is 7.54. The molecule has 0 spiro atoms. The molecule has 1 aromatic rings. The van der Waals surface area contributed by atoms with Crippen LogP contribution in [0.25, 0.3) is 0 Å². The number of anilines is 2. The van der Waals surface area contributed by atoms with Gasteiger partial charge in [0.1, 0.15) is 5.60 Å². The Kier molecular flexibility index (Phi) is 6.48. The summed E-state index contributed by atoms with van der Waals surface area (Å²) < 4.78 is 28.3. The largest absolute Gasteiger partial charge is 0.444 e. The summed E-state index contributed by atoms with van der Waals surface area (Å²) in [6.07, 6.45) is 0.703. The number of amides is 1. The summed E-state index contributed by atoms with van der Waals surface area (Å²) in [4.78, 5) is 13.5. The first-order valence-electron chi connectivity index (χ1n) is 7.61. The maximum Gasteiger partial charge on any atom is 0.407 e. The third-order valence-electron chi connectivity index (χ3n) is 3.05. The number of hydrogen-bond donors (Lipinski definition) is 2. The quantitative estimate of drug-likeness (QED) is 0.753. The van der Waals surface area contributed by atoms with Crippen LogP contribution in [0.2, 0.25) is 0 Å². The Morgan fingerprint density at radius 2 is 1.96 bits per heavy atom. The summed E-state index contributed by atoms with van der Waals surface area (Å²) in [7, 11) is -1.35. The molecule has 1 amide bonds. The first kappa shape index (κ1) is 20.1. The molecule has 0 fully saturated rings. The Labute approximate surface area is 144 Å². The molecule has 0 aromatic heterocycles. The van der Waals surface area contributed by atoms with Gasteiger partial charge in [0.25, 0.3) is 0 Å². The molecule has 1 rings (SSSR count). The monoisotopic (exact) mass is 357 g/mol. The van der Waals surface area contributed by atoms with Gasteiger partial charge in [-0.3, -0.25) is 0 Å². The molecule has 0 bridgehead atoms. The first-order chi connectivity index (χ1) is 10.9. The number of nitrogens with zero attached hydrogens (tertiary/aromatic N) is 1. The zero-order valence-electron chi connectivity index (χ0n) is 14.9. The number of hydrogen-bond acceptors (Lipinski definition) is 6. The number of nitrogens with one attached hydrogen (secondary N) is 1. The number of benzene rings is 1. The van der Waals surface area contributed by atoms with Crippen LogP contribution in [0, 0.1) is 0 Å². The fourth-order valence-electron chi connectivity index (χ4n) is 2.14. The summed E-state index contributed by atoms with van der Waals surface area (Å²) >= 11 is 0. The highest BCUT2D eigenvalue weighted by molar-refractivity contribution is 7.89. The van der Waals surface area contributed by atoms with Crippen molar-refractivity contribution in [2.75, 3.05) is 37.0 Å². The fraction of sp³-hybridized carbons (Fsp3) is 0.562. The summed E-state index contributed by atoms with van der Waals surface area (Å²) in [5.74, 6) is -0.0861. The van der Waals surface area contributed by atoms with E-state index in [-0.39, 0.29) is 5.75 Å². The van der Waals surface area contributed by atoms with Gasteiger partial charge in [-0.2, -0.15) is 0 Å². The summed E-state index contributed by atoms with van der Waals surface area (Å²) in [6, 6.07) is 5.16. The van der Waals surface area contributed by atoms with E-state index in [0.29, 0.717) is 24.3 Å². The SMILES string of the molecule is CN(CCNC(=O)OC(C)(C)C)c1ccc(N)cc1CS(C)(=O)=O. The van der Waals surface area contributed by atoms with Crippen LogP contribution in [0.4, 0.5) is 16.2 Å². The van der Waals surface area contributed by atoms with E-state index in [0.717, 1.165) is 5.69 Å². The number of alkyl carbamates (subject to hydrolysis) is 1. The van der Waals surface area contributed by atoms with Gasteiger partial charge in [0, 0.05) is 37.8 Å². The molecule has 0 saturated carbocycles. The smallest absolute Gasteiger partial charge is 0.407 e. The van der Waals surface area contributed by atoms with Crippen LogP contribution in [0.1, 0.15) is 26.3 Å². The lowest BCUT2D eigenvalue weighted by Crippen LogP contribution is -2.37. The highest BCUT2D eigenvalue weighted by atomic mass is 32.2. The number of likely N-dealkylation sites (N-methyl/N-ethyl adjacent to an activating group) is 1. The van der Waals surface area contributed by atoms with Gasteiger partial charge in [0.2, 0.25) is 0 Å². The van der Waals surface area contributed by atoms with Crippen molar-refractivity contribution in [3.63, 3.8) is 0 Å². The normalized spacial score (nSPS) is 11.9. The lowest BCUT2D eigenvalue weighted by Gasteiger charge is -2.24. The van der Waals surface area contributed by atoms with Gasteiger partial charge in [-0.05, 0) is 44.5 Å². The van der Waals surface area contributed by atoms with Gasteiger partial charge in [0.05, 0.1) is 5.75 Å². The second-order valence-corrected chi connectivity index (χ2v) is 8.95. The maximum atomic E-state index is 11.6. The number of sulfone groups is 1. The van der Waals surface area contributed by atoms with Gasteiger partial charge >= 0.3 is 6.09 Å². The van der Waals surface area contributed by atoms with E-state index in [1.165, 1.54) is 6.26 Å². The van der Waals surface area contributed by atoms with Crippen LogP contribution in [0.3, 0.4) is 0 Å². The predicted molar refractivity (Wildman–Crippen MR) is 96.9 cm³/mol. The lowest BCUT2D eigenvalue weighted by atomic mass is 10.1. The number of nitrogen functional groups attached to an aromatic ring is 1. The average Bonchev–Trinajstić information content (AvgIpc) is 2.34. The fourth-order valence-corrected chi connectivity index (χ4v) is 2.93. The Hall–Kier alpha value is -1.96. The van der Waals surface area contributed by atoms with Crippen molar-refractivity contribution in [2.45, 2.75) is 32.1 Å². The van der Waals surface area contributed by atoms with Crippen LogP contribution < -0.4 is 16.0 Å². The molecule has 3 N–H and O–H groups in total. The van der Waals surface area contributed by atoms with E-state index in [1.54, 1.807) is 39.0 Å². The average molecular weight is 357 g/mol. The minimum atomic E-state index is -3.18. The Morgan fingerprint density at radius 3 is 2.50 bits per heavy atom. The van der Waals surface area contributed by atoms with Gasteiger partial charge in [-0.1, -0.05) is 0 Å². The van der Waals surface area contributed by atoms with Crippen LogP contribution >= 0.6 is 0 Å². The van der Waals surface area contributed by atoms with E-state index in [9.17, 15) is 13.2 Å². The lowest BCUT2D eigenvalue weighted by molar-refractivity contribution is 0.0529. The Balaban J connectivity index is 2.71. The molecule has 0 heterocycles. The third-order valence-corrected chi connectivity index (χ3v) is 3.88. The minimum absolute atomic E-state index is 0.0861. The number of ether oxygens (including phenoxy) is 1. The predicted octanol–water partition coefficient (Wildman–Crippen LogP) is 1.77. The minimum Gasteiger partial charge on any atom is -0.444 e. The van der Waals surface area contributed by atoms with Gasteiger partial charge in [-0.15, -0.1) is 0 Å². The van der Waals surface area contributed by atoms with E-state index >= 15 is 0 Å². The van der Waals surface area contributed by atoms with E-state index < -0.39 is 21.5 Å². The molecule has 7 nitrogen and oxygen atoms in total. The summed E-state index contributed by atoms with van der Waals surface area (Å²) in [5.41, 5.74) is 7.12. The topological polar surface area (TPSA) is 102 Å². The molecule has 0 radical (unpaired) electrons. The van der Waals surface area contributed by atoms with Crippen molar-refractivity contribution >= 4 is 27.3 Å². The number of carbonyl (C=O) groups excluding carboxylic acids is 1. The van der Waals surface area contributed by atoms with E-state index in [1.807, 2.05) is 11.9 Å². The van der Waals surface area contributed by atoms with Crippen LogP contribution in [-0.2, 0) is 20.3 Å². The maximum absolute atomic E-state index is 11.6. The summed E-state index contributed by atoms with van der Waals surface area (Å²) in [5, 5.41) is 2.67. The molecular weight excluding hydrogens is 330 g/mol. The van der Waals surface area contributed by atoms with Crippen LogP contribution in [0.5, 0.6) is 0 Å².